The van der Waals surface area contributed by atoms with Crippen LogP contribution in [0.15, 0.2) is 48.5 Å². The fraction of sp³-hybridized carbons (Fsp3) is 0.348. The Morgan fingerprint density at radius 3 is 2.00 bits per heavy atom. The van der Waals surface area contributed by atoms with Crippen LogP contribution in [-0.4, -0.2) is 47.4 Å². The smallest absolute Gasteiger partial charge is 0.417 e. The van der Waals surface area contributed by atoms with Gasteiger partial charge in [-0.1, -0.05) is 48.5 Å². The highest BCUT2D eigenvalue weighted by Crippen LogP contribution is 2.44. The number of alkyl halides is 3. The van der Waals surface area contributed by atoms with Gasteiger partial charge in [0.1, 0.15) is 6.61 Å². The van der Waals surface area contributed by atoms with E-state index in [0.29, 0.717) is 0 Å². The highest BCUT2D eigenvalue weighted by Gasteiger charge is 2.47. The number of fused-ring (bicyclic) bond motifs is 3. The standard InChI is InChI=1S/C23H23F3N2O5/c1-22(2,11-18(29)30)28-20(31)19(23(24,25)26)27-21(32)33-12-17-15-9-5-3-7-13(15)14-8-4-6-10-16(14)17/h3-10,17,19H,11-12H2,1-2H3,(H,27,32)(H,28,31)(H,29,30). The maximum atomic E-state index is 13.5. The number of carbonyl (C=O) groups excluding carboxylic acids is 2. The topological polar surface area (TPSA) is 105 Å². The molecular weight excluding hydrogens is 441 g/mol. The van der Waals surface area contributed by atoms with Crippen molar-refractivity contribution in [2.45, 2.75) is 43.9 Å². The van der Waals surface area contributed by atoms with Gasteiger partial charge in [-0.3, -0.25) is 9.59 Å². The Hall–Kier alpha value is -3.56. The molecule has 7 nitrogen and oxygen atoms in total. The molecule has 10 heteroatoms. The lowest BCUT2D eigenvalue weighted by Gasteiger charge is -2.28. The van der Waals surface area contributed by atoms with E-state index in [-0.39, 0.29) is 12.5 Å². The summed E-state index contributed by atoms with van der Waals surface area (Å²) in [4.78, 5) is 35.3. The number of carbonyl (C=O) groups is 3. The summed E-state index contributed by atoms with van der Waals surface area (Å²) in [5, 5.41) is 12.4. The molecule has 1 unspecified atom stereocenters. The zero-order valence-corrected chi connectivity index (χ0v) is 17.9. The fourth-order valence-electron chi connectivity index (χ4n) is 3.88. The Bertz CT molecular complexity index is 1020. The molecule has 0 spiro atoms. The second-order valence-electron chi connectivity index (χ2n) is 8.39. The number of rotatable bonds is 7. The van der Waals surface area contributed by atoms with Crippen LogP contribution in [0.5, 0.6) is 0 Å². The molecule has 3 N–H and O–H groups in total. The predicted octanol–water partition coefficient (Wildman–Crippen LogP) is 3.83. The van der Waals surface area contributed by atoms with E-state index in [1.54, 1.807) is 5.32 Å². The van der Waals surface area contributed by atoms with Crippen molar-refractivity contribution in [1.29, 1.82) is 0 Å². The van der Waals surface area contributed by atoms with Gasteiger partial charge >= 0.3 is 18.2 Å². The highest BCUT2D eigenvalue weighted by molar-refractivity contribution is 5.87. The largest absolute Gasteiger partial charge is 0.481 e. The van der Waals surface area contributed by atoms with E-state index >= 15 is 0 Å². The molecule has 2 aromatic carbocycles. The number of carboxylic acid groups (broad SMARTS) is 1. The Labute approximate surface area is 187 Å². The third-order valence-corrected chi connectivity index (χ3v) is 5.25. The average Bonchev–Trinajstić information content (AvgIpc) is 3.02. The summed E-state index contributed by atoms with van der Waals surface area (Å²) in [5.74, 6) is -3.24. The van der Waals surface area contributed by atoms with Crippen molar-refractivity contribution in [1.82, 2.24) is 10.6 Å². The molecule has 1 aliphatic rings. The molecule has 1 aliphatic carbocycles. The van der Waals surface area contributed by atoms with E-state index < -0.39 is 42.1 Å². The SMILES string of the molecule is CC(C)(CC(=O)O)NC(=O)C(NC(=O)OCC1c2ccccc2-c2ccccc21)C(F)(F)F. The second-order valence-corrected chi connectivity index (χ2v) is 8.39. The molecule has 0 aromatic heterocycles. The number of carboxylic acids is 1. The van der Waals surface area contributed by atoms with Crippen LogP contribution in [0.2, 0.25) is 0 Å². The highest BCUT2D eigenvalue weighted by atomic mass is 19.4. The van der Waals surface area contributed by atoms with Crippen molar-refractivity contribution in [2.75, 3.05) is 6.61 Å². The van der Waals surface area contributed by atoms with E-state index in [1.807, 2.05) is 53.8 Å². The summed E-state index contributed by atoms with van der Waals surface area (Å²) in [5.41, 5.74) is 2.21. The number of nitrogens with one attached hydrogen (secondary N) is 2. The first-order chi connectivity index (χ1) is 15.4. The Balaban J connectivity index is 1.69. The second kappa shape index (κ2) is 9.13. The lowest BCUT2D eigenvalue weighted by molar-refractivity contribution is -0.168. The molecule has 0 radical (unpaired) electrons. The molecule has 2 amide bonds. The maximum absolute atomic E-state index is 13.5. The van der Waals surface area contributed by atoms with Crippen molar-refractivity contribution < 1.29 is 37.4 Å². The van der Waals surface area contributed by atoms with E-state index in [2.05, 4.69) is 0 Å². The summed E-state index contributed by atoms with van der Waals surface area (Å²) in [7, 11) is 0. The first-order valence-electron chi connectivity index (χ1n) is 10.1. The van der Waals surface area contributed by atoms with Gasteiger partial charge in [0, 0.05) is 11.5 Å². The van der Waals surface area contributed by atoms with Gasteiger partial charge in [-0.2, -0.15) is 13.2 Å². The monoisotopic (exact) mass is 464 g/mol. The molecule has 1 atom stereocenters. The van der Waals surface area contributed by atoms with Gasteiger partial charge in [-0.15, -0.1) is 0 Å². The Morgan fingerprint density at radius 1 is 1.00 bits per heavy atom. The zero-order chi connectivity index (χ0) is 24.4. The predicted molar refractivity (Wildman–Crippen MR) is 113 cm³/mol. The van der Waals surface area contributed by atoms with Gasteiger partial charge in [0.25, 0.3) is 5.91 Å². The third kappa shape index (κ3) is 5.63. The van der Waals surface area contributed by atoms with Crippen molar-refractivity contribution in [2.24, 2.45) is 0 Å². The molecular formula is C23H23F3N2O5. The molecule has 0 heterocycles. The summed E-state index contributed by atoms with van der Waals surface area (Å²) in [6, 6.07) is 12.0. The molecule has 33 heavy (non-hydrogen) atoms. The number of amides is 2. The number of benzene rings is 2. The molecule has 0 fully saturated rings. The fourth-order valence-corrected chi connectivity index (χ4v) is 3.88. The summed E-state index contributed by atoms with van der Waals surface area (Å²) in [6.07, 6.45) is -7.13. The van der Waals surface area contributed by atoms with Crippen LogP contribution < -0.4 is 10.6 Å². The maximum Gasteiger partial charge on any atom is 0.417 e. The van der Waals surface area contributed by atoms with Crippen LogP contribution in [0.1, 0.15) is 37.3 Å². The van der Waals surface area contributed by atoms with Crippen molar-refractivity contribution in [3.8, 4) is 11.1 Å². The molecule has 0 aliphatic heterocycles. The van der Waals surface area contributed by atoms with E-state index in [0.717, 1.165) is 22.3 Å². The number of alkyl carbamates (subject to hydrolysis) is 1. The van der Waals surface area contributed by atoms with E-state index in [1.165, 1.54) is 13.8 Å². The van der Waals surface area contributed by atoms with Crippen LogP contribution in [0.3, 0.4) is 0 Å². The van der Waals surface area contributed by atoms with Gasteiger partial charge in [0.15, 0.2) is 0 Å². The molecule has 0 saturated carbocycles. The van der Waals surface area contributed by atoms with Crippen molar-refractivity contribution in [3.05, 3.63) is 59.7 Å². The van der Waals surface area contributed by atoms with Gasteiger partial charge in [0.05, 0.1) is 6.42 Å². The molecule has 3 rings (SSSR count). The quantitative estimate of drug-likeness (QED) is 0.578. The van der Waals surface area contributed by atoms with Gasteiger partial charge < -0.3 is 20.5 Å². The zero-order valence-electron chi connectivity index (χ0n) is 17.9. The first kappa shape index (κ1) is 24.1. The molecule has 0 bridgehead atoms. The summed E-state index contributed by atoms with van der Waals surface area (Å²) < 4.78 is 45.5. The minimum atomic E-state index is -5.12. The number of hydrogen-bond donors (Lipinski definition) is 3. The first-order valence-corrected chi connectivity index (χ1v) is 10.1. The molecule has 176 valence electrons. The number of hydrogen-bond acceptors (Lipinski definition) is 4. The van der Waals surface area contributed by atoms with Crippen LogP contribution in [0.25, 0.3) is 11.1 Å². The Morgan fingerprint density at radius 2 is 1.52 bits per heavy atom. The molecule has 2 aromatic rings. The Kier molecular flexibility index (Phi) is 6.66. The van der Waals surface area contributed by atoms with Crippen LogP contribution in [0.4, 0.5) is 18.0 Å². The third-order valence-electron chi connectivity index (χ3n) is 5.25. The van der Waals surface area contributed by atoms with Crippen molar-refractivity contribution in [3.63, 3.8) is 0 Å². The molecule has 0 saturated heterocycles. The van der Waals surface area contributed by atoms with Crippen LogP contribution in [0, 0.1) is 0 Å². The minimum absolute atomic E-state index is 0.226. The lowest BCUT2D eigenvalue weighted by Crippen LogP contribution is -2.59. The lowest BCUT2D eigenvalue weighted by atomic mass is 9.98. The van der Waals surface area contributed by atoms with Crippen LogP contribution >= 0.6 is 0 Å². The van der Waals surface area contributed by atoms with Crippen molar-refractivity contribution >= 4 is 18.0 Å². The van der Waals surface area contributed by atoms with Gasteiger partial charge in [0.2, 0.25) is 6.04 Å². The average molecular weight is 464 g/mol. The van der Waals surface area contributed by atoms with E-state index in [4.69, 9.17) is 9.84 Å². The minimum Gasteiger partial charge on any atom is -0.481 e. The van der Waals surface area contributed by atoms with Crippen LogP contribution in [-0.2, 0) is 14.3 Å². The van der Waals surface area contributed by atoms with Gasteiger partial charge in [-0.05, 0) is 36.1 Å². The van der Waals surface area contributed by atoms with Gasteiger partial charge in [-0.25, -0.2) is 4.79 Å². The number of aliphatic carboxylic acids is 1. The normalized spacial score (nSPS) is 14.1. The number of ether oxygens (including phenoxy) is 1. The number of halogens is 3. The van der Waals surface area contributed by atoms with E-state index in [9.17, 15) is 27.6 Å². The summed E-state index contributed by atoms with van der Waals surface area (Å²) >= 11 is 0. The summed E-state index contributed by atoms with van der Waals surface area (Å²) in [6.45, 7) is 2.30.